The lowest BCUT2D eigenvalue weighted by Crippen LogP contribution is -2.32. The summed E-state index contributed by atoms with van der Waals surface area (Å²) < 4.78 is 0. The summed E-state index contributed by atoms with van der Waals surface area (Å²) in [5, 5.41) is 25.5. The lowest BCUT2D eigenvalue weighted by atomic mass is 10.2. The lowest BCUT2D eigenvalue weighted by Gasteiger charge is -2.17. The second kappa shape index (κ2) is 12.8. The number of halogens is 1. The van der Waals surface area contributed by atoms with Gasteiger partial charge in [0.1, 0.15) is 0 Å². The number of alkyl halides is 1. The van der Waals surface area contributed by atoms with Crippen molar-refractivity contribution in [2.45, 2.75) is 5.88 Å². The normalized spacial score (nSPS) is 10.1. The van der Waals surface area contributed by atoms with Crippen LogP contribution < -0.4 is 0 Å². The predicted octanol–water partition coefficient (Wildman–Crippen LogP) is 0.691. The van der Waals surface area contributed by atoms with Gasteiger partial charge in [0.15, 0.2) is 0 Å². The predicted molar refractivity (Wildman–Crippen MR) is 73.7 cm³/mol. The summed E-state index contributed by atoms with van der Waals surface area (Å²) >= 11 is 5.53. The first-order valence-corrected chi connectivity index (χ1v) is 6.46. The molecule has 18 heavy (non-hydrogen) atoms. The number of hydrogen-bond donors (Lipinski definition) is 3. The van der Waals surface area contributed by atoms with E-state index in [9.17, 15) is 0 Å². The quantitative estimate of drug-likeness (QED) is 0.641. The first-order valence-electron chi connectivity index (χ1n) is 5.93. The molecule has 0 bridgehead atoms. The van der Waals surface area contributed by atoms with Crippen LogP contribution in [0.3, 0.4) is 0 Å². The van der Waals surface area contributed by atoms with Gasteiger partial charge in [0.2, 0.25) is 0 Å². The van der Waals surface area contributed by atoms with Gasteiger partial charge in [0.05, 0.1) is 19.8 Å². The summed E-state index contributed by atoms with van der Waals surface area (Å²) in [6.07, 6.45) is 0. The topological polar surface area (TPSA) is 63.9 Å². The molecule has 3 N–H and O–H groups in total. The smallest absolute Gasteiger partial charge is 0.0558 e. The largest absolute Gasteiger partial charge is 0.395 e. The fourth-order valence-electron chi connectivity index (χ4n) is 1.33. The highest BCUT2D eigenvalue weighted by molar-refractivity contribution is 6.17. The third kappa shape index (κ3) is 9.39. The Labute approximate surface area is 113 Å². The minimum Gasteiger partial charge on any atom is -0.395 e. The molecule has 0 atom stereocenters. The molecule has 0 spiro atoms. The van der Waals surface area contributed by atoms with Gasteiger partial charge in [0.25, 0.3) is 0 Å². The average Bonchev–Trinajstić information content (AvgIpc) is 2.41. The standard InChI is InChI=1S/C7H7Cl.C6H15NO3/c8-6-7-4-2-1-3-5-7;8-4-1-7(2-5-9)3-6-10/h1-5H,6H2;8-10H,1-6H2. The molecular formula is C13H22ClNO3. The van der Waals surface area contributed by atoms with Crippen LogP contribution in [0.25, 0.3) is 0 Å². The summed E-state index contributed by atoms with van der Waals surface area (Å²) in [5.74, 6) is 0.612. The Bertz CT molecular complexity index is 258. The van der Waals surface area contributed by atoms with E-state index in [1.54, 1.807) is 4.90 Å². The van der Waals surface area contributed by atoms with E-state index in [4.69, 9.17) is 26.9 Å². The number of rotatable bonds is 7. The van der Waals surface area contributed by atoms with E-state index in [2.05, 4.69) is 0 Å². The minimum absolute atomic E-state index is 0.0694. The summed E-state index contributed by atoms with van der Waals surface area (Å²) in [5.41, 5.74) is 1.18. The maximum atomic E-state index is 8.48. The third-order valence-corrected chi connectivity index (χ3v) is 2.55. The zero-order valence-electron chi connectivity index (χ0n) is 10.5. The van der Waals surface area contributed by atoms with Gasteiger partial charge >= 0.3 is 0 Å². The Morgan fingerprint density at radius 1 is 0.833 bits per heavy atom. The van der Waals surface area contributed by atoms with Crippen molar-refractivity contribution >= 4 is 11.6 Å². The van der Waals surface area contributed by atoms with Crippen LogP contribution in [0.5, 0.6) is 0 Å². The third-order valence-electron chi connectivity index (χ3n) is 2.25. The van der Waals surface area contributed by atoms with E-state index in [-0.39, 0.29) is 19.8 Å². The van der Waals surface area contributed by atoms with Crippen LogP contribution in [-0.2, 0) is 5.88 Å². The lowest BCUT2D eigenvalue weighted by molar-refractivity contribution is 0.136. The van der Waals surface area contributed by atoms with Crippen LogP contribution in [0.15, 0.2) is 30.3 Å². The molecule has 0 amide bonds. The number of benzene rings is 1. The molecule has 5 heteroatoms. The van der Waals surface area contributed by atoms with Crippen LogP contribution in [-0.4, -0.2) is 59.7 Å². The molecule has 1 rings (SSSR count). The summed E-state index contributed by atoms with van der Waals surface area (Å²) in [6.45, 7) is 1.75. The van der Waals surface area contributed by atoms with Gasteiger partial charge in [-0.2, -0.15) is 0 Å². The highest BCUT2D eigenvalue weighted by Gasteiger charge is 2.00. The van der Waals surface area contributed by atoms with Crippen molar-refractivity contribution in [2.24, 2.45) is 0 Å². The van der Waals surface area contributed by atoms with Gasteiger partial charge < -0.3 is 15.3 Å². The maximum absolute atomic E-state index is 8.48. The Morgan fingerprint density at radius 2 is 1.28 bits per heavy atom. The second-order valence-electron chi connectivity index (χ2n) is 3.63. The molecule has 0 radical (unpaired) electrons. The first-order chi connectivity index (χ1) is 8.78. The van der Waals surface area contributed by atoms with Crippen molar-refractivity contribution in [3.63, 3.8) is 0 Å². The van der Waals surface area contributed by atoms with E-state index in [1.165, 1.54) is 5.56 Å². The van der Waals surface area contributed by atoms with Crippen molar-refractivity contribution in [1.82, 2.24) is 4.90 Å². The van der Waals surface area contributed by atoms with Gasteiger partial charge in [-0.05, 0) is 5.56 Å². The van der Waals surface area contributed by atoms with Gasteiger partial charge in [-0.1, -0.05) is 30.3 Å². The molecule has 0 saturated carbocycles. The van der Waals surface area contributed by atoms with E-state index in [0.717, 1.165) is 0 Å². The first kappa shape index (κ1) is 17.4. The van der Waals surface area contributed by atoms with Crippen molar-refractivity contribution in [3.8, 4) is 0 Å². The van der Waals surface area contributed by atoms with Crippen LogP contribution in [0, 0.1) is 0 Å². The fraction of sp³-hybridized carbons (Fsp3) is 0.538. The monoisotopic (exact) mass is 275 g/mol. The van der Waals surface area contributed by atoms with Crippen LogP contribution in [0.1, 0.15) is 5.56 Å². The molecule has 0 fully saturated rings. The van der Waals surface area contributed by atoms with Crippen molar-refractivity contribution < 1.29 is 15.3 Å². The zero-order valence-corrected chi connectivity index (χ0v) is 11.3. The molecule has 1 aromatic carbocycles. The number of aliphatic hydroxyl groups is 3. The minimum atomic E-state index is 0.0694. The Balaban J connectivity index is 0.000000327. The molecule has 0 unspecified atom stereocenters. The van der Waals surface area contributed by atoms with Gasteiger partial charge in [-0.25, -0.2) is 0 Å². The van der Waals surface area contributed by atoms with Gasteiger partial charge in [-0.3, -0.25) is 4.90 Å². The Kier molecular flexibility index (Phi) is 12.3. The Hall–Kier alpha value is -0.650. The molecule has 4 nitrogen and oxygen atoms in total. The summed E-state index contributed by atoms with van der Waals surface area (Å²) in [7, 11) is 0. The molecule has 0 heterocycles. The van der Waals surface area contributed by atoms with Crippen molar-refractivity contribution in [3.05, 3.63) is 35.9 Å². The highest BCUT2D eigenvalue weighted by Crippen LogP contribution is 2.00. The van der Waals surface area contributed by atoms with Crippen LogP contribution in [0.2, 0.25) is 0 Å². The number of nitrogens with zero attached hydrogens (tertiary/aromatic N) is 1. The number of aliphatic hydroxyl groups excluding tert-OH is 3. The van der Waals surface area contributed by atoms with Gasteiger partial charge in [-0.15, -0.1) is 11.6 Å². The molecule has 104 valence electrons. The van der Waals surface area contributed by atoms with Crippen LogP contribution in [0.4, 0.5) is 0 Å². The Morgan fingerprint density at radius 3 is 1.56 bits per heavy atom. The zero-order chi connectivity index (χ0) is 13.6. The van der Waals surface area contributed by atoms with Crippen LogP contribution >= 0.6 is 11.6 Å². The highest BCUT2D eigenvalue weighted by atomic mass is 35.5. The molecular weight excluding hydrogens is 254 g/mol. The average molecular weight is 276 g/mol. The van der Waals surface area contributed by atoms with Crippen molar-refractivity contribution in [1.29, 1.82) is 0 Å². The maximum Gasteiger partial charge on any atom is 0.0558 e. The summed E-state index contributed by atoms with van der Waals surface area (Å²) in [6, 6.07) is 9.96. The van der Waals surface area contributed by atoms with Crippen molar-refractivity contribution in [2.75, 3.05) is 39.5 Å². The van der Waals surface area contributed by atoms with E-state index < -0.39 is 0 Å². The molecule has 0 aromatic heterocycles. The fourth-order valence-corrected chi connectivity index (χ4v) is 1.50. The second-order valence-corrected chi connectivity index (χ2v) is 3.90. The van der Waals surface area contributed by atoms with E-state index >= 15 is 0 Å². The molecule has 1 aromatic rings. The molecule has 0 aliphatic carbocycles. The molecule has 0 aliphatic heterocycles. The number of hydrogen-bond acceptors (Lipinski definition) is 4. The van der Waals surface area contributed by atoms with E-state index in [0.29, 0.717) is 25.5 Å². The summed E-state index contributed by atoms with van der Waals surface area (Å²) in [4.78, 5) is 1.79. The van der Waals surface area contributed by atoms with E-state index in [1.807, 2.05) is 30.3 Å². The molecule has 0 saturated heterocycles. The molecule has 0 aliphatic rings. The van der Waals surface area contributed by atoms with Gasteiger partial charge in [0, 0.05) is 25.5 Å². The SMILES string of the molecule is ClCc1ccccc1.OCCN(CCO)CCO.